The lowest BCUT2D eigenvalue weighted by molar-refractivity contribution is -0.141. The average molecular weight is 375 g/mol. The minimum Gasteiger partial charge on any atom is -0.480 e. The van der Waals surface area contributed by atoms with Crippen molar-refractivity contribution in [2.75, 3.05) is 0 Å². The maximum Gasteiger partial charge on any atom is 0.323 e. The molecule has 0 aromatic heterocycles. The summed E-state index contributed by atoms with van der Waals surface area (Å²) < 4.78 is 0. The Morgan fingerprint density at radius 2 is 0.846 bits per heavy atom. The van der Waals surface area contributed by atoms with Crippen LogP contribution in [0.25, 0.3) is 0 Å². The maximum atomic E-state index is 9.86. The molecule has 0 radical (unpaired) electrons. The van der Waals surface area contributed by atoms with Gasteiger partial charge in [0.2, 0.25) is 0 Å². The summed E-state index contributed by atoms with van der Waals surface area (Å²) in [5.41, 5.74) is 14.6. The molecule has 0 aliphatic heterocycles. The molecule has 0 aliphatic rings. The number of carbonyl (C=O) groups is 3. The largest absolute Gasteiger partial charge is 0.480 e. The molecule has 10 nitrogen and oxygen atoms in total. The van der Waals surface area contributed by atoms with Gasteiger partial charge in [0, 0.05) is 0 Å². The molecule has 1 aromatic rings. The number of aliphatic hydroxyl groups excluding tert-OH is 1. The lowest BCUT2D eigenvalue weighted by Crippen LogP contribution is -2.39. The average Bonchev–Trinajstić information content (AvgIpc) is 2.57. The lowest BCUT2D eigenvalue weighted by Gasteiger charge is -2.06. The predicted molar refractivity (Wildman–Crippen MR) is 96.3 cm³/mol. The summed E-state index contributed by atoms with van der Waals surface area (Å²) in [6.45, 7) is 4.17. The topological polar surface area (TPSA) is 210 Å². The van der Waals surface area contributed by atoms with E-state index in [0.29, 0.717) is 0 Å². The standard InChI is InChI=1S/C6H6.C4H9NO3.2C3H7NO2/c1-2-4-6-5-3-1;1-2(6)3(5)4(7)8;2*1-2(4)3(5)6/h1-6H;2-3,6H,5H2,1H3,(H,7,8);2*2H,4H2,1H3,(H,5,6). The zero-order valence-corrected chi connectivity index (χ0v) is 15.0. The van der Waals surface area contributed by atoms with Crippen LogP contribution in [0.3, 0.4) is 0 Å². The minimum atomic E-state index is -1.18. The van der Waals surface area contributed by atoms with E-state index in [4.69, 9.17) is 37.6 Å². The van der Waals surface area contributed by atoms with Gasteiger partial charge < -0.3 is 37.6 Å². The van der Waals surface area contributed by atoms with E-state index in [1.165, 1.54) is 20.8 Å². The molecule has 0 bridgehead atoms. The van der Waals surface area contributed by atoms with Gasteiger partial charge in [-0.15, -0.1) is 0 Å². The summed E-state index contributed by atoms with van der Waals surface area (Å²) >= 11 is 0. The molecule has 4 atom stereocenters. The number of benzene rings is 1. The van der Waals surface area contributed by atoms with Crippen LogP contribution in [0.4, 0.5) is 0 Å². The van der Waals surface area contributed by atoms with Crippen molar-refractivity contribution in [1.82, 2.24) is 0 Å². The van der Waals surface area contributed by atoms with Crippen LogP contribution in [0.15, 0.2) is 36.4 Å². The molecule has 10 heteroatoms. The summed E-state index contributed by atoms with van der Waals surface area (Å²) in [5, 5.41) is 32.3. The molecule has 0 amide bonds. The fourth-order valence-corrected chi connectivity index (χ4v) is 0.591. The summed E-state index contributed by atoms with van der Waals surface area (Å²) in [6, 6.07) is 9.38. The maximum absolute atomic E-state index is 9.86. The number of nitrogens with two attached hydrogens (primary N) is 3. The smallest absolute Gasteiger partial charge is 0.323 e. The molecule has 0 spiro atoms. The molecular formula is C16H29N3O7. The van der Waals surface area contributed by atoms with Gasteiger partial charge in [-0.1, -0.05) is 36.4 Å². The Labute approximate surface area is 152 Å². The van der Waals surface area contributed by atoms with E-state index in [0.717, 1.165) is 0 Å². The Kier molecular flexibility index (Phi) is 18.8. The normalized spacial score (nSPS) is 13.5. The van der Waals surface area contributed by atoms with Crippen LogP contribution in [0, 0.1) is 0 Å². The molecule has 26 heavy (non-hydrogen) atoms. The second-order valence-corrected chi connectivity index (χ2v) is 5.01. The molecule has 0 fully saturated rings. The molecule has 1 rings (SSSR count). The molecule has 0 saturated heterocycles. The van der Waals surface area contributed by atoms with E-state index < -0.39 is 42.1 Å². The van der Waals surface area contributed by atoms with E-state index in [2.05, 4.69) is 0 Å². The second-order valence-electron chi connectivity index (χ2n) is 5.01. The highest BCUT2D eigenvalue weighted by atomic mass is 16.4. The van der Waals surface area contributed by atoms with Crippen LogP contribution < -0.4 is 17.2 Å². The van der Waals surface area contributed by atoms with E-state index in [9.17, 15) is 14.4 Å². The van der Waals surface area contributed by atoms with Crippen LogP contribution in [-0.2, 0) is 14.4 Å². The highest BCUT2D eigenvalue weighted by Gasteiger charge is 2.16. The van der Waals surface area contributed by atoms with Gasteiger partial charge in [-0.25, -0.2) is 0 Å². The summed E-state index contributed by atoms with van der Waals surface area (Å²) in [5.74, 6) is -3.11. The lowest BCUT2D eigenvalue weighted by atomic mass is 10.2. The molecular weight excluding hydrogens is 346 g/mol. The number of aliphatic carboxylic acids is 3. The first-order chi connectivity index (χ1) is 11.8. The third-order valence-electron chi connectivity index (χ3n) is 2.25. The first-order valence-electron chi connectivity index (χ1n) is 7.47. The van der Waals surface area contributed by atoms with Crippen molar-refractivity contribution in [2.45, 2.75) is 45.0 Å². The summed E-state index contributed by atoms with van der Waals surface area (Å²) in [7, 11) is 0. The Morgan fingerprint density at radius 3 is 0.885 bits per heavy atom. The number of rotatable bonds is 4. The molecule has 1 aromatic carbocycles. The van der Waals surface area contributed by atoms with Crippen molar-refractivity contribution in [3.63, 3.8) is 0 Å². The van der Waals surface area contributed by atoms with Crippen LogP contribution in [0.2, 0.25) is 0 Å². The monoisotopic (exact) mass is 375 g/mol. The second kappa shape index (κ2) is 17.3. The zero-order chi connectivity index (χ0) is 21.3. The summed E-state index contributed by atoms with van der Waals surface area (Å²) in [6.07, 6.45) is -0.979. The first kappa shape index (κ1) is 28.3. The highest BCUT2D eigenvalue weighted by Crippen LogP contribution is 1.85. The van der Waals surface area contributed by atoms with Crippen molar-refractivity contribution < 1.29 is 34.8 Å². The van der Waals surface area contributed by atoms with Crippen LogP contribution >= 0.6 is 0 Å². The van der Waals surface area contributed by atoms with E-state index in [-0.39, 0.29) is 0 Å². The van der Waals surface area contributed by atoms with E-state index in [1.54, 1.807) is 0 Å². The fourth-order valence-electron chi connectivity index (χ4n) is 0.591. The molecule has 0 aliphatic carbocycles. The highest BCUT2D eigenvalue weighted by molar-refractivity contribution is 5.73. The van der Waals surface area contributed by atoms with Gasteiger partial charge in [0.25, 0.3) is 0 Å². The van der Waals surface area contributed by atoms with E-state index in [1.807, 2.05) is 36.4 Å². The number of carboxylic acids is 3. The Morgan fingerprint density at radius 1 is 0.654 bits per heavy atom. The Hall–Kier alpha value is -2.53. The van der Waals surface area contributed by atoms with Gasteiger partial charge in [0.1, 0.15) is 18.1 Å². The fraction of sp³-hybridized carbons (Fsp3) is 0.438. The number of carboxylic acid groups (broad SMARTS) is 3. The van der Waals surface area contributed by atoms with Gasteiger partial charge in [-0.3, -0.25) is 14.4 Å². The SMILES string of the molecule is CC(N)C(=O)O.CC(N)C(=O)O.CC(O)C(N)C(=O)O.c1ccccc1. The third kappa shape index (κ3) is 23.7. The quantitative estimate of drug-likeness (QED) is 0.351. The number of aliphatic hydroxyl groups is 1. The van der Waals surface area contributed by atoms with Crippen molar-refractivity contribution in [1.29, 1.82) is 0 Å². The van der Waals surface area contributed by atoms with E-state index >= 15 is 0 Å². The molecule has 150 valence electrons. The first-order valence-corrected chi connectivity index (χ1v) is 7.47. The Balaban J connectivity index is -0.000000273. The molecule has 10 N–H and O–H groups in total. The van der Waals surface area contributed by atoms with Crippen LogP contribution in [0.5, 0.6) is 0 Å². The van der Waals surface area contributed by atoms with Gasteiger partial charge in [-0.05, 0) is 20.8 Å². The van der Waals surface area contributed by atoms with Crippen LogP contribution in [0.1, 0.15) is 20.8 Å². The zero-order valence-electron chi connectivity index (χ0n) is 15.0. The number of hydrogen-bond donors (Lipinski definition) is 7. The van der Waals surface area contributed by atoms with Crippen molar-refractivity contribution in [3.05, 3.63) is 36.4 Å². The summed E-state index contributed by atoms with van der Waals surface area (Å²) in [4.78, 5) is 29.0. The van der Waals surface area contributed by atoms with Crippen molar-refractivity contribution in [3.8, 4) is 0 Å². The van der Waals surface area contributed by atoms with Gasteiger partial charge >= 0.3 is 17.9 Å². The van der Waals surface area contributed by atoms with Crippen LogP contribution in [-0.4, -0.2) is 62.6 Å². The Bertz CT molecular complexity index is 449. The van der Waals surface area contributed by atoms with Gasteiger partial charge in [0.05, 0.1) is 6.10 Å². The minimum absolute atomic E-state index is 0.731. The van der Waals surface area contributed by atoms with Gasteiger partial charge in [-0.2, -0.15) is 0 Å². The number of hydrogen-bond acceptors (Lipinski definition) is 7. The predicted octanol–water partition coefficient (Wildman–Crippen LogP) is -0.698. The molecule has 0 heterocycles. The molecule has 4 unspecified atom stereocenters. The molecule has 0 saturated carbocycles. The van der Waals surface area contributed by atoms with Crippen molar-refractivity contribution >= 4 is 17.9 Å². The third-order valence-corrected chi connectivity index (χ3v) is 2.25. The van der Waals surface area contributed by atoms with Crippen molar-refractivity contribution in [2.24, 2.45) is 17.2 Å². The van der Waals surface area contributed by atoms with Gasteiger partial charge in [0.15, 0.2) is 0 Å².